The Morgan fingerprint density at radius 3 is 2.31 bits per heavy atom. The fraction of sp³-hybridized carbons (Fsp3) is 0.500. The Morgan fingerprint density at radius 1 is 1.00 bits per heavy atom. The number of aryl methyl sites for hydroxylation is 1. The summed E-state index contributed by atoms with van der Waals surface area (Å²) in [6.07, 6.45) is 4.35. The van der Waals surface area contributed by atoms with Gasteiger partial charge < -0.3 is 14.6 Å². The molecule has 1 heterocycles. The lowest BCUT2D eigenvalue weighted by atomic mass is 9.85. The molecule has 1 aliphatic heterocycles. The van der Waals surface area contributed by atoms with Crippen LogP contribution in [0.5, 0.6) is 0 Å². The second kappa shape index (κ2) is 10.3. The smallest absolute Gasteiger partial charge is 0.195 e. The van der Waals surface area contributed by atoms with Gasteiger partial charge in [-0.25, -0.2) is 0 Å². The van der Waals surface area contributed by atoms with E-state index in [0.29, 0.717) is 13.0 Å². The molecule has 158 valence electrons. The van der Waals surface area contributed by atoms with E-state index in [0.717, 1.165) is 31.2 Å². The van der Waals surface area contributed by atoms with Crippen molar-refractivity contribution in [2.75, 3.05) is 20.3 Å². The van der Waals surface area contributed by atoms with Crippen LogP contribution in [-0.2, 0) is 26.5 Å². The first kappa shape index (κ1) is 21.9. The average molecular weight is 400 g/mol. The van der Waals surface area contributed by atoms with Gasteiger partial charge in [0.2, 0.25) is 0 Å². The van der Waals surface area contributed by atoms with E-state index in [-0.39, 0.29) is 6.61 Å². The molecule has 1 fully saturated rings. The fourth-order valence-corrected chi connectivity index (χ4v) is 4.09. The Morgan fingerprint density at radius 2 is 1.69 bits per heavy atom. The van der Waals surface area contributed by atoms with Gasteiger partial charge in [0.25, 0.3) is 0 Å². The van der Waals surface area contributed by atoms with Crippen LogP contribution in [0.2, 0.25) is 0 Å². The molecule has 0 bridgehead atoms. The number of unbranched alkanes of at least 4 members (excludes halogenated alkanes) is 2. The predicted molar refractivity (Wildman–Crippen MR) is 113 cm³/mol. The lowest BCUT2D eigenvalue weighted by Gasteiger charge is -2.37. The number of hydrogen-bond donors (Lipinski definition) is 2. The number of nitrogens with one attached hydrogen (secondary N) is 1. The number of aliphatic hydroxyl groups is 1. The molecule has 1 saturated heterocycles. The van der Waals surface area contributed by atoms with Crippen molar-refractivity contribution in [3.05, 3.63) is 71.8 Å². The number of ether oxygens (including phenoxy) is 2. The topological polar surface area (TPSA) is 60.0 Å². The third kappa shape index (κ3) is 4.71. The van der Waals surface area contributed by atoms with Crippen LogP contribution in [0.25, 0.3) is 0 Å². The zero-order chi connectivity index (χ0) is 20.6. The Labute approximate surface area is 174 Å². The molecule has 5 heteroatoms. The van der Waals surface area contributed by atoms with Crippen LogP contribution < -0.4 is 5.48 Å². The van der Waals surface area contributed by atoms with Gasteiger partial charge in [-0.1, -0.05) is 74.0 Å². The zero-order valence-electron chi connectivity index (χ0n) is 17.5. The molecule has 3 rings (SSSR count). The zero-order valence-corrected chi connectivity index (χ0v) is 17.5. The van der Waals surface area contributed by atoms with Gasteiger partial charge in [0.1, 0.15) is 11.7 Å². The number of aliphatic hydroxyl groups excluding tert-OH is 1. The summed E-state index contributed by atoms with van der Waals surface area (Å²) in [5.74, 6) is 0. The molecule has 0 amide bonds. The van der Waals surface area contributed by atoms with Crippen LogP contribution in [0.15, 0.2) is 60.7 Å². The van der Waals surface area contributed by atoms with E-state index in [1.807, 2.05) is 43.3 Å². The molecule has 3 unspecified atom stereocenters. The Balaban J connectivity index is 1.64. The maximum Gasteiger partial charge on any atom is 0.195 e. The first-order valence-electron chi connectivity index (χ1n) is 10.5. The first-order valence-corrected chi connectivity index (χ1v) is 10.5. The van der Waals surface area contributed by atoms with Gasteiger partial charge >= 0.3 is 0 Å². The van der Waals surface area contributed by atoms with Crippen molar-refractivity contribution in [3.63, 3.8) is 0 Å². The lowest BCUT2D eigenvalue weighted by Crippen LogP contribution is -2.54. The molecule has 0 aromatic heterocycles. The van der Waals surface area contributed by atoms with Crippen LogP contribution in [0.1, 0.15) is 43.7 Å². The highest BCUT2D eigenvalue weighted by Gasteiger charge is 2.60. The molecule has 0 radical (unpaired) electrons. The van der Waals surface area contributed by atoms with Gasteiger partial charge in [-0.05, 0) is 31.2 Å². The summed E-state index contributed by atoms with van der Waals surface area (Å²) in [6, 6.07) is 20.5. The molecule has 5 nitrogen and oxygen atoms in total. The summed E-state index contributed by atoms with van der Waals surface area (Å²) in [7, 11) is 1.64. The van der Waals surface area contributed by atoms with E-state index in [9.17, 15) is 5.11 Å². The van der Waals surface area contributed by atoms with E-state index in [2.05, 4.69) is 29.7 Å². The summed E-state index contributed by atoms with van der Waals surface area (Å²) < 4.78 is 12.3. The SMILES string of the molecule is CCC1(CO)ONC(OCCCCCc2ccccc2)(c2ccccc2)C1OC. The second-order valence-corrected chi connectivity index (χ2v) is 7.64. The quantitative estimate of drug-likeness (QED) is 0.560. The standard InChI is InChI=1S/C24H33NO4/c1-3-23(19-26)22(27-2)24(25-29-23,21-16-10-5-11-17-21)28-18-12-6-9-15-20-13-7-4-8-14-20/h4-5,7-8,10-11,13-14,16-17,22,25-26H,3,6,9,12,15,18-19H2,1-2H3. The van der Waals surface area contributed by atoms with Gasteiger partial charge in [-0.2, -0.15) is 5.48 Å². The van der Waals surface area contributed by atoms with Crippen molar-refractivity contribution < 1.29 is 19.4 Å². The lowest BCUT2D eigenvalue weighted by molar-refractivity contribution is -0.156. The highest BCUT2D eigenvalue weighted by Crippen LogP contribution is 2.43. The second-order valence-electron chi connectivity index (χ2n) is 7.64. The number of hydroxylamine groups is 1. The van der Waals surface area contributed by atoms with Crippen molar-refractivity contribution >= 4 is 0 Å². The van der Waals surface area contributed by atoms with Crippen LogP contribution in [-0.4, -0.2) is 37.1 Å². The average Bonchev–Trinajstić information content (AvgIpc) is 3.12. The number of rotatable bonds is 11. The minimum atomic E-state index is -0.950. The van der Waals surface area contributed by atoms with Gasteiger partial charge in [0, 0.05) is 19.3 Å². The third-order valence-corrected chi connectivity index (χ3v) is 5.84. The molecule has 2 aromatic rings. The monoisotopic (exact) mass is 399 g/mol. The fourth-order valence-electron chi connectivity index (χ4n) is 4.09. The molecular formula is C24H33NO4. The highest BCUT2D eigenvalue weighted by atomic mass is 16.7. The van der Waals surface area contributed by atoms with Gasteiger partial charge in [-0.15, -0.1) is 0 Å². The van der Waals surface area contributed by atoms with Crippen molar-refractivity contribution in [3.8, 4) is 0 Å². The Bertz CT molecular complexity index is 720. The predicted octanol–water partition coefficient (Wildman–Crippen LogP) is 3.96. The number of hydrogen-bond acceptors (Lipinski definition) is 5. The molecule has 2 N–H and O–H groups in total. The van der Waals surface area contributed by atoms with E-state index in [1.54, 1.807) is 7.11 Å². The third-order valence-electron chi connectivity index (χ3n) is 5.84. The minimum Gasteiger partial charge on any atom is -0.393 e. The molecule has 1 aliphatic rings. The molecule has 0 spiro atoms. The molecule has 29 heavy (non-hydrogen) atoms. The Kier molecular flexibility index (Phi) is 7.81. The highest BCUT2D eigenvalue weighted by molar-refractivity contribution is 5.26. The summed E-state index contributed by atoms with van der Waals surface area (Å²) >= 11 is 0. The first-order chi connectivity index (χ1) is 14.2. The van der Waals surface area contributed by atoms with Gasteiger partial charge in [0.15, 0.2) is 5.72 Å². The molecule has 0 aliphatic carbocycles. The summed E-state index contributed by atoms with van der Waals surface area (Å²) in [4.78, 5) is 5.90. The molecular weight excluding hydrogens is 366 g/mol. The van der Waals surface area contributed by atoms with Crippen LogP contribution in [0, 0.1) is 0 Å². The van der Waals surface area contributed by atoms with Crippen molar-refractivity contribution in [2.45, 2.75) is 56.5 Å². The van der Waals surface area contributed by atoms with Crippen molar-refractivity contribution in [2.24, 2.45) is 0 Å². The maximum atomic E-state index is 10.0. The largest absolute Gasteiger partial charge is 0.393 e. The minimum absolute atomic E-state index is 0.149. The number of benzene rings is 2. The summed E-state index contributed by atoms with van der Waals surface area (Å²) in [5.41, 5.74) is 3.59. The van der Waals surface area contributed by atoms with Crippen molar-refractivity contribution in [1.82, 2.24) is 5.48 Å². The molecule has 2 aromatic carbocycles. The van der Waals surface area contributed by atoms with Crippen LogP contribution >= 0.6 is 0 Å². The number of methoxy groups -OCH3 is 1. The summed E-state index contributed by atoms with van der Waals surface area (Å²) in [6.45, 7) is 2.41. The van der Waals surface area contributed by atoms with E-state index >= 15 is 0 Å². The van der Waals surface area contributed by atoms with E-state index in [4.69, 9.17) is 14.3 Å². The molecule has 0 saturated carbocycles. The van der Waals surface area contributed by atoms with Crippen molar-refractivity contribution in [1.29, 1.82) is 0 Å². The maximum absolute atomic E-state index is 10.0. The van der Waals surface area contributed by atoms with Crippen LogP contribution in [0.3, 0.4) is 0 Å². The van der Waals surface area contributed by atoms with Gasteiger partial charge in [0.05, 0.1) is 6.61 Å². The van der Waals surface area contributed by atoms with E-state index in [1.165, 1.54) is 5.56 Å². The molecule has 3 atom stereocenters. The Hall–Kier alpha value is -1.76. The summed E-state index contributed by atoms with van der Waals surface area (Å²) in [5, 5.41) is 10.0. The van der Waals surface area contributed by atoms with E-state index < -0.39 is 17.4 Å². The van der Waals surface area contributed by atoms with Crippen LogP contribution in [0.4, 0.5) is 0 Å². The van der Waals surface area contributed by atoms with Gasteiger partial charge in [-0.3, -0.25) is 4.84 Å². The normalized spacial score (nSPS) is 26.7.